The summed E-state index contributed by atoms with van der Waals surface area (Å²) in [6.07, 6.45) is 1.59. The molecule has 1 aliphatic carbocycles. The molecule has 0 aromatic carbocycles. The minimum absolute atomic E-state index is 0.139. The number of piperazine rings is 1. The Bertz CT molecular complexity index is 587. The lowest BCUT2D eigenvalue weighted by molar-refractivity contribution is 0.549. The van der Waals surface area contributed by atoms with Crippen LogP contribution in [0.2, 0.25) is 0 Å². The molecule has 0 saturated carbocycles. The summed E-state index contributed by atoms with van der Waals surface area (Å²) in [7, 11) is 0. The normalized spacial score (nSPS) is 16.1. The van der Waals surface area contributed by atoms with Crippen LogP contribution in [0.4, 0.5) is 11.4 Å². The van der Waals surface area contributed by atoms with Crippen molar-refractivity contribution in [1.82, 2.24) is 5.32 Å². The fourth-order valence-corrected chi connectivity index (χ4v) is 2.35. The number of nitrogens with two attached hydrogens (primary N) is 1. The predicted molar refractivity (Wildman–Crippen MR) is 71.1 cm³/mol. The van der Waals surface area contributed by atoms with Crippen molar-refractivity contribution >= 4 is 11.4 Å². The third kappa shape index (κ3) is 1.73. The smallest absolute Gasteiger partial charge is 0.228 e. The van der Waals surface area contributed by atoms with Crippen LogP contribution in [-0.2, 0) is 0 Å². The maximum atomic E-state index is 12.2. The zero-order valence-electron chi connectivity index (χ0n) is 9.98. The molecule has 2 aliphatic heterocycles. The van der Waals surface area contributed by atoms with Crippen LogP contribution in [-0.4, -0.2) is 26.2 Å². The monoisotopic (exact) mass is 245 g/mol. The number of anilines is 2. The third-order valence-corrected chi connectivity index (χ3v) is 3.24. The molecule has 5 heteroatoms. The predicted octanol–water partition coefficient (Wildman–Crippen LogP) is 0.736. The Kier molecular flexibility index (Phi) is 2.68. The number of fused-ring (bicyclic) bond motifs is 1. The zero-order valence-corrected chi connectivity index (χ0v) is 9.98. The molecule has 0 aromatic rings. The van der Waals surface area contributed by atoms with Crippen LogP contribution in [0.1, 0.15) is 0 Å². The van der Waals surface area contributed by atoms with E-state index in [0.717, 1.165) is 31.7 Å². The summed E-state index contributed by atoms with van der Waals surface area (Å²) >= 11 is 0. The Balaban J connectivity index is 2.20. The van der Waals surface area contributed by atoms with Crippen molar-refractivity contribution < 1.29 is 4.42 Å². The summed E-state index contributed by atoms with van der Waals surface area (Å²) in [6, 6.07) is 5.38. The Morgan fingerprint density at radius 3 is 2.89 bits per heavy atom. The van der Waals surface area contributed by atoms with Gasteiger partial charge in [0.1, 0.15) is 5.69 Å². The molecule has 0 amide bonds. The van der Waals surface area contributed by atoms with E-state index in [4.69, 9.17) is 10.2 Å². The molecule has 3 rings (SSSR count). The molecule has 0 aromatic heterocycles. The van der Waals surface area contributed by atoms with Gasteiger partial charge in [-0.3, -0.25) is 4.79 Å². The number of nitrogens with zero attached hydrogens (tertiary/aromatic N) is 1. The van der Waals surface area contributed by atoms with Crippen molar-refractivity contribution in [3.05, 3.63) is 34.7 Å². The summed E-state index contributed by atoms with van der Waals surface area (Å²) in [5, 5.41) is 3.26. The van der Waals surface area contributed by atoms with Gasteiger partial charge >= 0.3 is 0 Å². The topological polar surface area (TPSA) is 71.5 Å². The van der Waals surface area contributed by atoms with E-state index in [-0.39, 0.29) is 11.1 Å². The Morgan fingerprint density at radius 2 is 2.11 bits per heavy atom. The minimum Gasteiger partial charge on any atom is -0.462 e. The van der Waals surface area contributed by atoms with E-state index in [1.54, 1.807) is 18.4 Å². The molecule has 3 aliphatic rings. The van der Waals surface area contributed by atoms with E-state index in [0.29, 0.717) is 11.4 Å². The highest BCUT2D eigenvalue weighted by molar-refractivity contribution is 5.79. The van der Waals surface area contributed by atoms with Crippen LogP contribution in [0.25, 0.3) is 11.3 Å². The van der Waals surface area contributed by atoms with Crippen molar-refractivity contribution in [2.24, 2.45) is 0 Å². The van der Waals surface area contributed by atoms with Gasteiger partial charge < -0.3 is 20.4 Å². The number of rotatable bonds is 1. The molecule has 1 saturated heterocycles. The average molecular weight is 245 g/mol. The molecule has 94 valence electrons. The molecule has 3 N–H and O–H groups in total. The Hall–Kier alpha value is -2.01. The molecule has 0 atom stereocenters. The number of benzene rings is 1. The molecule has 0 bridgehead atoms. The van der Waals surface area contributed by atoms with Gasteiger partial charge in [-0.1, -0.05) is 0 Å². The highest BCUT2D eigenvalue weighted by Gasteiger charge is 2.22. The van der Waals surface area contributed by atoms with Crippen molar-refractivity contribution in [3.8, 4) is 11.3 Å². The van der Waals surface area contributed by atoms with Gasteiger partial charge in [-0.25, -0.2) is 0 Å². The highest BCUT2D eigenvalue weighted by Crippen LogP contribution is 2.31. The zero-order chi connectivity index (χ0) is 12.5. The van der Waals surface area contributed by atoms with Gasteiger partial charge in [0.2, 0.25) is 5.43 Å². The first kappa shape index (κ1) is 11.1. The van der Waals surface area contributed by atoms with Crippen molar-refractivity contribution in [1.29, 1.82) is 0 Å². The molecular formula is C13H15N3O2. The van der Waals surface area contributed by atoms with E-state index in [1.165, 1.54) is 0 Å². The molecule has 2 heterocycles. The third-order valence-electron chi connectivity index (χ3n) is 3.24. The number of nitrogens with one attached hydrogen (secondary N) is 1. The SMILES string of the molecule is Nc1cc2cccoc-2c(N2CCNCC2)c1=O. The summed E-state index contributed by atoms with van der Waals surface area (Å²) in [6.45, 7) is 3.31. The Labute approximate surface area is 105 Å². The fourth-order valence-electron chi connectivity index (χ4n) is 2.35. The second kappa shape index (κ2) is 4.34. The van der Waals surface area contributed by atoms with Crippen LogP contribution in [0.3, 0.4) is 0 Å². The lowest BCUT2D eigenvalue weighted by Crippen LogP contribution is -2.45. The quantitative estimate of drug-likeness (QED) is 0.725. The van der Waals surface area contributed by atoms with Crippen LogP contribution < -0.4 is 21.4 Å². The van der Waals surface area contributed by atoms with Gasteiger partial charge in [-0.05, 0) is 18.2 Å². The van der Waals surface area contributed by atoms with Crippen molar-refractivity contribution in [2.45, 2.75) is 0 Å². The van der Waals surface area contributed by atoms with Crippen LogP contribution in [0.5, 0.6) is 0 Å². The average Bonchev–Trinajstić information content (AvgIpc) is 2.41. The number of hydrogen-bond donors (Lipinski definition) is 2. The van der Waals surface area contributed by atoms with Gasteiger partial charge in [-0.2, -0.15) is 0 Å². The first-order valence-corrected chi connectivity index (χ1v) is 6.03. The van der Waals surface area contributed by atoms with Crippen LogP contribution in [0.15, 0.2) is 33.7 Å². The second-order valence-corrected chi connectivity index (χ2v) is 4.41. The van der Waals surface area contributed by atoms with E-state index in [1.807, 2.05) is 11.0 Å². The van der Waals surface area contributed by atoms with Crippen molar-refractivity contribution in [3.63, 3.8) is 0 Å². The lowest BCUT2D eigenvalue weighted by Gasteiger charge is -2.30. The van der Waals surface area contributed by atoms with Crippen LogP contribution in [0, 0.1) is 0 Å². The molecule has 0 spiro atoms. The first-order chi connectivity index (χ1) is 8.77. The van der Waals surface area contributed by atoms with E-state index in [2.05, 4.69) is 5.32 Å². The maximum Gasteiger partial charge on any atom is 0.228 e. The standard InChI is InChI=1S/C13H15N3O2/c14-10-8-9-2-1-7-18-13(9)11(12(10)17)16-5-3-15-4-6-16/h1-2,7-8,15H,3-6,14H2. The lowest BCUT2D eigenvalue weighted by atomic mass is 10.1. The summed E-state index contributed by atoms with van der Waals surface area (Å²) in [4.78, 5) is 14.3. The van der Waals surface area contributed by atoms with Gasteiger partial charge in [0, 0.05) is 31.7 Å². The molecule has 0 unspecified atom stereocenters. The fraction of sp³-hybridized carbons (Fsp3) is 0.308. The Morgan fingerprint density at radius 1 is 1.33 bits per heavy atom. The van der Waals surface area contributed by atoms with E-state index < -0.39 is 0 Å². The van der Waals surface area contributed by atoms with E-state index >= 15 is 0 Å². The summed E-state index contributed by atoms with van der Waals surface area (Å²) in [5.74, 6) is 0.624. The van der Waals surface area contributed by atoms with Gasteiger partial charge in [0.25, 0.3) is 0 Å². The largest absolute Gasteiger partial charge is 0.462 e. The van der Waals surface area contributed by atoms with Crippen molar-refractivity contribution in [2.75, 3.05) is 36.8 Å². The summed E-state index contributed by atoms with van der Waals surface area (Å²) in [5.41, 5.74) is 7.39. The van der Waals surface area contributed by atoms with Gasteiger partial charge in [0.05, 0.1) is 12.0 Å². The maximum absolute atomic E-state index is 12.2. The number of hydrogen-bond acceptors (Lipinski definition) is 5. The van der Waals surface area contributed by atoms with Gasteiger partial charge in [-0.15, -0.1) is 0 Å². The van der Waals surface area contributed by atoms with Crippen LogP contribution >= 0.6 is 0 Å². The number of nitrogen functional groups attached to an aromatic ring is 1. The van der Waals surface area contributed by atoms with E-state index in [9.17, 15) is 4.79 Å². The van der Waals surface area contributed by atoms with Gasteiger partial charge in [0.15, 0.2) is 5.76 Å². The summed E-state index contributed by atoms with van der Waals surface area (Å²) < 4.78 is 5.51. The highest BCUT2D eigenvalue weighted by atomic mass is 16.3. The minimum atomic E-state index is -0.139. The molecular weight excluding hydrogens is 230 g/mol. The molecule has 0 radical (unpaired) electrons. The molecule has 1 fully saturated rings. The second-order valence-electron chi connectivity index (χ2n) is 4.41. The molecule has 5 nitrogen and oxygen atoms in total. The molecule has 18 heavy (non-hydrogen) atoms. The first-order valence-electron chi connectivity index (χ1n) is 6.03.